The molecule has 0 aliphatic rings. The van der Waals surface area contributed by atoms with E-state index in [2.05, 4.69) is 11.1 Å². The summed E-state index contributed by atoms with van der Waals surface area (Å²) in [6.07, 6.45) is 1.26. The molecule has 0 saturated carbocycles. The fourth-order valence-corrected chi connectivity index (χ4v) is 2.07. The molecule has 0 atom stereocenters. The summed E-state index contributed by atoms with van der Waals surface area (Å²) in [4.78, 5) is 17.3. The van der Waals surface area contributed by atoms with Crippen LogP contribution in [0.4, 0.5) is 4.39 Å². The first-order chi connectivity index (χ1) is 9.47. The summed E-state index contributed by atoms with van der Waals surface area (Å²) < 4.78 is 12.8. The minimum atomic E-state index is -0.585. The van der Waals surface area contributed by atoms with Crippen LogP contribution in [0.2, 0.25) is 0 Å². The monoisotopic (exact) mass is 272 g/mol. The Balaban J connectivity index is 2.13. The first-order valence-corrected chi connectivity index (χ1v) is 6.40. The third kappa shape index (κ3) is 3.20. The molecule has 0 saturated heterocycles. The second-order valence-corrected chi connectivity index (χ2v) is 4.96. The van der Waals surface area contributed by atoms with E-state index in [0.29, 0.717) is 12.1 Å². The van der Waals surface area contributed by atoms with Crippen molar-refractivity contribution in [2.45, 2.75) is 20.4 Å². The van der Waals surface area contributed by atoms with Crippen LogP contribution >= 0.6 is 0 Å². The van der Waals surface area contributed by atoms with Crippen LogP contribution < -0.4 is 0 Å². The van der Waals surface area contributed by atoms with E-state index in [1.807, 2.05) is 26.0 Å². The lowest BCUT2D eigenvalue weighted by Gasteiger charge is -2.18. The maximum atomic E-state index is 12.8. The van der Waals surface area contributed by atoms with Gasteiger partial charge >= 0.3 is 0 Å². The molecule has 1 heterocycles. The van der Waals surface area contributed by atoms with Gasteiger partial charge in [-0.05, 0) is 37.1 Å². The number of halogens is 1. The first-order valence-electron chi connectivity index (χ1n) is 6.40. The van der Waals surface area contributed by atoms with E-state index >= 15 is 0 Å². The molecule has 0 spiro atoms. The van der Waals surface area contributed by atoms with Gasteiger partial charge in [-0.2, -0.15) is 4.39 Å². The summed E-state index contributed by atoms with van der Waals surface area (Å²) in [7, 11) is 1.73. The average Bonchev–Trinajstić information content (AvgIpc) is 2.42. The minimum absolute atomic E-state index is 0.169. The van der Waals surface area contributed by atoms with Crippen molar-refractivity contribution in [3.8, 4) is 0 Å². The van der Waals surface area contributed by atoms with E-state index in [0.717, 1.165) is 11.1 Å². The summed E-state index contributed by atoms with van der Waals surface area (Å²) in [6, 6.07) is 8.78. The molecule has 104 valence electrons. The van der Waals surface area contributed by atoms with Crippen LogP contribution in [-0.4, -0.2) is 22.8 Å². The number of pyridine rings is 1. The second-order valence-electron chi connectivity index (χ2n) is 4.96. The van der Waals surface area contributed by atoms with Crippen LogP contribution in [0.1, 0.15) is 27.0 Å². The maximum absolute atomic E-state index is 12.8. The molecule has 4 heteroatoms. The number of aryl methyl sites for hydroxylation is 2. The largest absolute Gasteiger partial charge is 0.337 e. The Labute approximate surface area is 118 Å². The number of rotatable bonds is 3. The van der Waals surface area contributed by atoms with Crippen molar-refractivity contribution in [2.24, 2.45) is 0 Å². The third-order valence-corrected chi connectivity index (χ3v) is 3.23. The quantitative estimate of drug-likeness (QED) is 0.804. The highest BCUT2D eigenvalue weighted by Gasteiger charge is 2.13. The Hall–Kier alpha value is -2.23. The van der Waals surface area contributed by atoms with Gasteiger partial charge < -0.3 is 4.90 Å². The number of nitrogens with zero attached hydrogens (tertiary/aromatic N) is 2. The third-order valence-electron chi connectivity index (χ3n) is 3.23. The molecule has 0 bridgehead atoms. The fourth-order valence-electron chi connectivity index (χ4n) is 2.07. The van der Waals surface area contributed by atoms with Gasteiger partial charge in [-0.1, -0.05) is 23.8 Å². The van der Waals surface area contributed by atoms with Gasteiger partial charge in [0.25, 0.3) is 5.91 Å². The average molecular weight is 272 g/mol. The van der Waals surface area contributed by atoms with Crippen molar-refractivity contribution in [1.82, 2.24) is 9.88 Å². The molecule has 0 aliphatic carbocycles. The zero-order valence-electron chi connectivity index (χ0n) is 11.9. The molecule has 0 radical (unpaired) electrons. The van der Waals surface area contributed by atoms with Crippen molar-refractivity contribution in [3.63, 3.8) is 0 Å². The minimum Gasteiger partial charge on any atom is -0.337 e. The van der Waals surface area contributed by atoms with Crippen LogP contribution in [0.5, 0.6) is 0 Å². The highest BCUT2D eigenvalue weighted by Crippen LogP contribution is 2.14. The van der Waals surface area contributed by atoms with E-state index in [1.165, 1.54) is 23.9 Å². The van der Waals surface area contributed by atoms with Crippen LogP contribution in [0.15, 0.2) is 36.5 Å². The molecule has 3 nitrogen and oxygen atoms in total. The number of aromatic nitrogens is 1. The fraction of sp³-hybridized carbons (Fsp3) is 0.250. The Morgan fingerprint density at radius 1 is 1.25 bits per heavy atom. The standard InChI is InChI=1S/C16H17FN2O/c1-11-4-5-14(12(2)8-11)10-19(3)16(20)13-6-7-15(17)18-9-13/h4-9H,10H2,1-3H3. The number of carbonyl (C=O) groups is 1. The van der Waals surface area contributed by atoms with Crippen LogP contribution in [-0.2, 0) is 6.54 Å². The zero-order chi connectivity index (χ0) is 14.7. The van der Waals surface area contributed by atoms with E-state index < -0.39 is 5.95 Å². The number of hydrogen-bond donors (Lipinski definition) is 0. The van der Waals surface area contributed by atoms with Crippen molar-refractivity contribution in [3.05, 3.63) is 64.7 Å². The Morgan fingerprint density at radius 2 is 2.00 bits per heavy atom. The molecule has 1 amide bonds. The summed E-state index contributed by atoms with van der Waals surface area (Å²) >= 11 is 0. The van der Waals surface area contributed by atoms with Crippen molar-refractivity contribution in [1.29, 1.82) is 0 Å². The van der Waals surface area contributed by atoms with Crippen LogP contribution in [0.25, 0.3) is 0 Å². The van der Waals surface area contributed by atoms with Gasteiger partial charge in [-0.25, -0.2) is 4.98 Å². The molecular weight excluding hydrogens is 255 g/mol. The van der Waals surface area contributed by atoms with Gasteiger partial charge in [0, 0.05) is 19.8 Å². The predicted molar refractivity (Wildman–Crippen MR) is 75.9 cm³/mol. The lowest BCUT2D eigenvalue weighted by Crippen LogP contribution is -2.26. The molecular formula is C16H17FN2O. The zero-order valence-corrected chi connectivity index (χ0v) is 11.9. The van der Waals surface area contributed by atoms with Crippen molar-refractivity contribution in [2.75, 3.05) is 7.05 Å². The number of hydrogen-bond acceptors (Lipinski definition) is 2. The van der Waals surface area contributed by atoms with E-state index in [9.17, 15) is 9.18 Å². The molecule has 2 aromatic rings. The van der Waals surface area contributed by atoms with E-state index in [-0.39, 0.29) is 5.91 Å². The smallest absolute Gasteiger partial charge is 0.255 e. The topological polar surface area (TPSA) is 33.2 Å². The molecule has 2 rings (SSSR count). The first kappa shape index (κ1) is 14.2. The van der Waals surface area contributed by atoms with Gasteiger partial charge in [0.2, 0.25) is 5.95 Å². The number of amides is 1. The highest BCUT2D eigenvalue weighted by molar-refractivity contribution is 5.93. The Bertz CT molecular complexity index is 623. The SMILES string of the molecule is Cc1ccc(CN(C)C(=O)c2ccc(F)nc2)c(C)c1. The van der Waals surface area contributed by atoms with Gasteiger partial charge in [0.05, 0.1) is 5.56 Å². The molecule has 1 aromatic carbocycles. The Kier molecular flexibility index (Phi) is 4.13. The predicted octanol–water partition coefficient (Wildman–Crippen LogP) is 3.11. The summed E-state index contributed by atoms with van der Waals surface area (Å²) in [5.41, 5.74) is 3.84. The highest BCUT2D eigenvalue weighted by atomic mass is 19.1. The molecule has 1 aromatic heterocycles. The van der Waals surface area contributed by atoms with Gasteiger partial charge in [0.1, 0.15) is 0 Å². The van der Waals surface area contributed by atoms with E-state index in [1.54, 1.807) is 11.9 Å². The lowest BCUT2D eigenvalue weighted by atomic mass is 10.1. The number of benzene rings is 1. The molecule has 0 aliphatic heterocycles. The van der Waals surface area contributed by atoms with Gasteiger partial charge in [0.15, 0.2) is 0 Å². The summed E-state index contributed by atoms with van der Waals surface area (Å²) in [6.45, 7) is 4.58. The normalized spacial score (nSPS) is 10.4. The second kappa shape index (κ2) is 5.82. The molecule has 0 unspecified atom stereocenters. The molecule has 0 N–H and O–H groups in total. The van der Waals surface area contributed by atoms with Gasteiger partial charge in [-0.15, -0.1) is 0 Å². The maximum Gasteiger partial charge on any atom is 0.255 e. The Morgan fingerprint density at radius 3 is 2.60 bits per heavy atom. The number of carbonyl (C=O) groups excluding carboxylic acids is 1. The lowest BCUT2D eigenvalue weighted by molar-refractivity contribution is 0.0784. The van der Waals surface area contributed by atoms with Crippen molar-refractivity contribution >= 4 is 5.91 Å². The molecule has 0 fully saturated rings. The van der Waals surface area contributed by atoms with Gasteiger partial charge in [-0.3, -0.25) is 4.79 Å². The van der Waals surface area contributed by atoms with Crippen LogP contribution in [0, 0.1) is 19.8 Å². The molecule has 20 heavy (non-hydrogen) atoms. The van der Waals surface area contributed by atoms with Crippen molar-refractivity contribution < 1.29 is 9.18 Å². The van der Waals surface area contributed by atoms with E-state index in [4.69, 9.17) is 0 Å². The summed E-state index contributed by atoms with van der Waals surface area (Å²) in [5, 5.41) is 0. The van der Waals surface area contributed by atoms with Crippen LogP contribution in [0.3, 0.4) is 0 Å². The summed E-state index contributed by atoms with van der Waals surface area (Å²) in [5.74, 6) is -0.754.